The van der Waals surface area contributed by atoms with Gasteiger partial charge in [-0.25, -0.2) is 0 Å². The fraction of sp³-hybridized carbons (Fsp3) is 0.462. The predicted octanol–water partition coefficient (Wildman–Crippen LogP) is 2.62. The molecule has 1 saturated heterocycles. The summed E-state index contributed by atoms with van der Waals surface area (Å²) >= 11 is 0. The van der Waals surface area contributed by atoms with Gasteiger partial charge in [-0.2, -0.15) is 5.10 Å². The van der Waals surface area contributed by atoms with Gasteiger partial charge in [0.25, 0.3) is 0 Å². The molecule has 3 heteroatoms. The third-order valence-electron chi connectivity index (χ3n) is 3.55. The number of hydrogen-bond acceptors (Lipinski definition) is 2. The van der Waals surface area contributed by atoms with E-state index in [2.05, 4.69) is 40.6 Å². The second-order valence-corrected chi connectivity index (χ2v) is 4.82. The normalized spacial score (nSPS) is 26.1. The molecular weight excluding hydrogens is 198 g/mol. The Hall–Kier alpha value is -1.35. The van der Waals surface area contributed by atoms with Crippen LogP contribution in [-0.4, -0.2) is 16.7 Å². The Morgan fingerprint density at radius 1 is 1.31 bits per heavy atom. The van der Waals surface area contributed by atoms with E-state index in [4.69, 9.17) is 0 Å². The fourth-order valence-corrected chi connectivity index (χ4v) is 2.56. The van der Waals surface area contributed by atoms with Crippen LogP contribution in [0.1, 0.15) is 31.4 Å². The molecule has 2 atom stereocenters. The summed E-state index contributed by atoms with van der Waals surface area (Å²) in [6.45, 7) is 3.43. The summed E-state index contributed by atoms with van der Waals surface area (Å²) in [6, 6.07) is 6.90. The highest BCUT2D eigenvalue weighted by Crippen LogP contribution is 2.29. The molecule has 0 radical (unpaired) electrons. The van der Waals surface area contributed by atoms with Gasteiger partial charge in [-0.3, -0.25) is 5.10 Å². The monoisotopic (exact) mass is 215 g/mol. The average molecular weight is 215 g/mol. The Morgan fingerprint density at radius 2 is 2.25 bits per heavy atom. The lowest BCUT2D eigenvalue weighted by Crippen LogP contribution is -2.31. The van der Waals surface area contributed by atoms with Crippen molar-refractivity contribution in [3.05, 3.63) is 30.0 Å². The minimum atomic E-state index is 0.498. The number of aromatic amines is 1. The molecule has 0 spiro atoms. The Labute approximate surface area is 95.2 Å². The SMILES string of the molecule is C[C@@H]1CC[C@@H](c2cccc3[nH]ncc23)NC1. The van der Waals surface area contributed by atoms with Gasteiger partial charge in [-0.05, 0) is 36.9 Å². The van der Waals surface area contributed by atoms with E-state index in [0.29, 0.717) is 6.04 Å². The van der Waals surface area contributed by atoms with Crippen molar-refractivity contribution in [1.82, 2.24) is 15.5 Å². The first-order chi connectivity index (χ1) is 7.84. The van der Waals surface area contributed by atoms with Crippen molar-refractivity contribution in [1.29, 1.82) is 0 Å². The maximum atomic E-state index is 4.12. The first-order valence-electron chi connectivity index (χ1n) is 6.00. The molecule has 1 aliphatic heterocycles. The summed E-state index contributed by atoms with van der Waals surface area (Å²) in [5.41, 5.74) is 2.52. The van der Waals surface area contributed by atoms with Crippen LogP contribution in [0.25, 0.3) is 10.9 Å². The van der Waals surface area contributed by atoms with Gasteiger partial charge in [0.1, 0.15) is 0 Å². The number of benzene rings is 1. The highest BCUT2D eigenvalue weighted by molar-refractivity contribution is 5.82. The van der Waals surface area contributed by atoms with Crippen LogP contribution in [0.4, 0.5) is 0 Å². The molecule has 0 amide bonds. The second kappa shape index (κ2) is 3.91. The minimum absolute atomic E-state index is 0.498. The quantitative estimate of drug-likeness (QED) is 0.767. The van der Waals surface area contributed by atoms with Gasteiger partial charge in [0.2, 0.25) is 0 Å². The van der Waals surface area contributed by atoms with Gasteiger partial charge in [-0.15, -0.1) is 0 Å². The van der Waals surface area contributed by atoms with Crippen molar-refractivity contribution in [2.75, 3.05) is 6.54 Å². The molecule has 1 aromatic heterocycles. The zero-order valence-electron chi connectivity index (χ0n) is 9.53. The van der Waals surface area contributed by atoms with E-state index in [1.807, 2.05) is 6.20 Å². The van der Waals surface area contributed by atoms with Crippen molar-refractivity contribution in [3.8, 4) is 0 Å². The number of nitrogens with one attached hydrogen (secondary N) is 2. The largest absolute Gasteiger partial charge is 0.310 e. The maximum absolute atomic E-state index is 4.12. The smallest absolute Gasteiger partial charge is 0.0653 e. The van der Waals surface area contributed by atoms with Crippen LogP contribution in [0.15, 0.2) is 24.4 Å². The summed E-state index contributed by atoms with van der Waals surface area (Å²) in [5.74, 6) is 0.805. The topological polar surface area (TPSA) is 40.7 Å². The zero-order chi connectivity index (χ0) is 11.0. The number of rotatable bonds is 1. The third-order valence-corrected chi connectivity index (χ3v) is 3.55. The molecule has 0 unspecified atom stereocenters. The highest BCUT2D eigenvalue weighted by atomic mass is 15.1. The van der Waals surface area contributed by atoms with Crippen LogP contribution >= 0.6 is 0 Å². The Balaban J connectivity index is 1.96. The predicted molar refractivity (Wildman–Crippen MR) is 65.2 cm³/mol. The van der Waals surface area contributed by atoms with Crippen LogP contribution in [0.3, 0.4) is 0 Å². The molecule has 3 nitrogen and oxygen atoms in total. The van der Waals surface area contributed by atoms with Gasteiger partial charge in [0.15, 0.2) is 0 Å². The summed E-state index contributed by atoms with van der Waals surface area (Å²) in [5, 5.41) is 12.0. The van der Waals surface area contributed by atoms with Crippen LogP contribution in [-0.2, 0) is 0 Å². The van der Waals surface area contributed by atoms with Gasteiger partial charge >= 0.3 is 0 Å². The summed E-state index contributed by atoms with van der Waals surface area (Å²) in [6.07, 6.45) is 4.47. The lowest BCUT2D eigenvalue weighted by Gasteiger charge is -2.28. The number of fused-ring (bicyclic) bond motifs is 1. The zero-order valence-corrected chi connectivity index (χ0v) is 9.53. The van der Waals surface area contributed by atoms with Crippen LogP contribution in [0.2, 0.25) is 0 Å². The molecule has 2 aromatic rings. The minimum Gasteiger partial charge on any atom is -0.310 e. The van der Waals surface area contributed by atoms with Gasteiger partial charge in [-0.1, -0.05) is 19.1 Å². The average Bonchev–Trinajstić information content (AvgIpc) is 2.78. The molecule has 1 aliphatic rings. The summed E-state index contributed by atoms with van der Waals surface area (Å²) in [4.78, 5) is 0. The van der Waals surface area contributed by atoms with Crippen LogP contribution in [0, 0.1) is 5.92 Å². The van der Waals surface area contributed by atoms with E-state index in [9.17, 15) is 0 Å². The van der Waals surface area contributed by atoms with Crippen molar-refractivity contribution >= 4 is 10.9 Å². The molecule has 2 N–H and O–H groups in total. The molecule has 16 heavy (non-hydrogen) atoms. The summed E-state index contributed by atoms with van der Waals surface area (Å²) < 4.78 is 0. The molecule has 0 bridgehead atoms. The standard InChI is InChI=1S/C13H17N3/c1-9-5-6-12(14-7-9)10-3-2-4-13-11(10)8-15-16-13/h2-4,8-9,12,14H,5-7H2,1H3,(H,15,16)/t9-,12+/m1/s1. The van der Waals surface area contributed by atoms with Crippen LogP contribution in [0.5, 0.6) is 0 Å². The molecule has 1 fully saturated rings. The molecular formula is C13H17N3. The van der Waals surface area contributed by atoms with E-state index in [-0.39, 0.29) is 0 Å². The molecule has 84 valence electrons. The van der Waals surface area contributed by atoms with Crippen molar-refractivity contribution in [2.24, 2.45) is 5.92 Å². The number of nitrogens with zero attached hydrogens (tertiary/aromatic N) is 1. The Kier molecular flexibility index (Phi) is 2.40. The second-order valence-electron chi connectivity index (χ2n) is 4.82. The maximum Gasteiger partial charge on any atom is 0.0653 e. The Bertz CT molecular complexity index is 481. The first kappa shape index (κ1) is 9.85. The highest BCUT2D eigenvalue weighted by Gasteiger charge is 2.20. The van der Waals surface area contributed by atoms with E-state index in [1.165, 1.54) is 23.8 Å². The van der Waals surface area contributed by atoms with E-state index < -0.39 is 0 Å². The lowest BCUT2D eigenvalue weighted by molar-refractivity contribution is 0.334. The van der Waals surface area contributed by atoms with Crippen LogP contribution < -0.4 is 5.32 Å². The van der Waals surface area contributed by atoms with Crippen molar-refractivity contribution in [2.45, 2.75) is 25.8 Å². The number of hydrogen-bond donors (Lipinski definition) is 2. The third kappa shape index (κ3) is 1.61. The summed E-state index contributed by atoms with van der Waals surface area (Å²) in [7, 11) is 0. The molecule has 0 saturated carbocycles. The lowest BCUT2D eigenvalue weighted by atomic mass is 9.91. The molecule has 2 heterocycles. The van der Waals surface area contributed by atoms with Crippen molar-refractivity contribution < 1.29 is 0 Å². The Morgan fingerprint density at radius 3 is 3.06 bits per heavy atom. The number of piperidine rings is 1. The van der Waals surface area contributed by atoms with Gasteiger partial charge in [0.05, 0.1) is 11.7 Å². The van der Waals surface area contributed by atoms with E-state index in [1.54, 1.807) is 0 Å². The van der Waals surface area contributed by atoms with E-state index >= 15 is 0 Å². The first-order valence-corrected chi connectivity index (χ1v) is 6.00. The van der Waals surface area contributed by atoms with Gasteiger partial charge in [0, 0.05) is 11.4 Å². The molecule has 0 aliphatic carbocycles. The van der Waals surface area contributed by atoms with E-state index in [0.717, 1.165) is 18.0 Å². The number of H-pyrrole nitrogens is 1. The molecule has 1 aromatic carbocycles. The molecule has 3 rings (SSSR count). The fourth-order valence-electron chi connectivity index (χ4n) is 2.56. The van der Waals surface area contributed by atoms with Gasteiger partial charge < -0.3 is 5.32 Å². The number of aromatic nitrogens is 2. The van der Waals surface area contributed by atoms with Crippen molar-refractivity contribution in [3.63, 3.8) is 0 Å².